The van der Waals surface area contributed by atoms with Crippen LogP contribution in [0.1, 0.15) is 35.2 Å². The summed E-state index contributed by atoms with van der Waals surface area (Å²) in [5, 5.41) is 19.6. The highest BCUT2D eigenvalue weighted by atomic mass is 32.2. The molecule has 2 aliphatic heterocycles. The minimum absolute atomic E-state index is 0.0723. The Morgan fingerprint density at radius 2 is 2.25 bits per heavy atom. The fourth-order valence-corrected chi connectivity index (χ4v) is 4.69. The van der Waals surface area contributed by atoms with Crippen LogP contribution in [0.5, 0.6) is 11.5 Å². The number of carboxylic acids is 1. The summed E-state index contributed by atoms with van der Waals surface area (Å²) in [5.41, 5.74) is 6.49. The number of fused-ring (bicyclic) bond motifs is 1. The number of ether oxygens (including phenoxy) is 1. The van der Waals surface area contributed by atoms with Gasteiger partial charge in [0.05, 0.1) is 12.3 Å². The Hall–Kier alpha value is -1.91. The molecule has 1 aromatic rings. The molecule has 2 atom stereocenters. The highest BCUT2D eigenvalue weighted by Crippen LogP contribution is 2.38. The zero-order valence-electron chi connectivity index (χ0n) is 15.8. The monoisotopic (exact) mass is 408 g/mol. The van der Waals surface area contributed by atoms with Gasteiger partial charge in [0.1, 0.15) is 17.1 Å². The van der Waals surface area contributed by atoms with Crippen LogP contribution in [0.25, 0.3) is 0 Å². The van der Waals surface area contributed by atoms with E-state index < -0.39 is 13.1 Å². The minimum atomic E-state index is -1.16. The quantitative estimate of drug-likeness (QED) is 0.447. The van der Waals surface area contributed by atoms with Gasteiger partial charge in [-0.2, -0.15) is 11.8 Å². The molecule has 1 fully saturated rings. The van der Waals surface area contributed by atoms with Crippen LogP contribution in [0.2, 0.25) is 0 Å². The van der Waals surface area contributed by atoms with Gasteiger partial charge in [0.15, 0.2) is 0 Å². The van der Waals surface area contributed by atoms with Gasteiger partial charge in [0.2, 0.25) is 5.91 Å². The molecule has 1 unspecified atom stereocenters. The maximum Gasteiger partial charge on any atom is 0.536 e. The van der Waals surface area contributed by atoms with Crippen molar-refractivity contribution in [2.45, 2.75) is 36.9 Å². The molecule has 3 rings (SSSR count). The lowest BCUT2D eigenvalue weighted by Gasteiger charge is -2.28. The molecule has 28 heavy (non-hydrogen) atoms. The minimum Gasteiger partial charge on any atom is -0.534 e. The van der Waals surface area contributed by atoms with E-state index in [-0.39, 0.29) is 34.2 Å². The Bertz CT molecular complexity index is 749. The highest BCUT2D eigenvalue weighted by molar-refractivity contribution is 8.01. The molecular weight excluding hydrogens is 383 g/mol. The topological polar surface area (TPSA) is 122 Å². The number of benzene rings is 1. The number of nitrogens with two attached hydrogens (primary N) is 1. The Balaban J connectivity index is 1.54. The van der Waals surface area contributed by atoms with Crippen molar-refractivity contribution >= 4 is 30.8 Å². The van der Waals surface area contributed by atoms with Crippen molar-refractivity contribution in [2.75, 3.05) is 26.0 Å². The predicted octanol–water partition coefficient (Wildman–Crippen LogP) is 0.790. The summed E-state index contributed by atoms with van der Waals surface area (Å²) in [7, 11) is 0.276. The van der Waals surface area contributed by atoms with Gasteiger partial charge in [-0.05, 0) is 36.6 Å². The van der Waals surface area contributed by atoms with E-state index >= 15 is 0 Å². The van der Waals surface area contributed by atoms with E-state index in [2.05, 4.69) is 0 Å². The van der Waals surface area contributed by atoms with Crippen molar-refractivity contribution in [3.8, 4) is 11.5 Å². The van der Waals surface area contributed by atoms with Crippen molar-refractivity contribution in [3.05, 3.63) is 23.3 Å². The zero-order chi connectivity index (χ0) is 20.3. The van der Waals surface area contributed by atoms with Gasteiger partial charge in [0.25, 0.3) is 0 Å². The first-order valence-electron chi connectivity index (χ1n) is 9.33. The SMILES string of the molecule is COc1ccc2c(c1C(=O)O)OB(O)[C@@H](SCCCC(=O)N1CCC(N)C1)C2. The third-order valence-corrected chi connectivity index (χ3v) is 6.41. The van der Waals surface area contributed by atoms with Crippen LogP contribution in [-0.4, -0.2) is 71.2 Å². The number of rotatable bonds is 7. The van der Waals surface area contributed by atoms with Crippen LogP contribution < -0.4 is 15.1 Å². The first kappa shape index (κ1) is 20.8. The second-order valence-electron chi connectivity index (χ2n) is 7.05. The second-order valence-corrected chi connectivity index (χ2v) is 8.40. The zero-order valence-corrected chi connectivity index (χ0v) is 16.6. The number of carbonyl (C=O) groups is 2. The number of thioether (sulfide) groups is 1. The normalized spacial score (nSPS) is 21.2. The summed E-state index contributed by atoms with van der Waals surface area (Å²) in [6.45, 7) is 1.36. The van der Waals surface area contributed by atoms with Gasteiger partial charge in [-0.1, -0.05) is 6.07 Å². The molecule has 0 saturated carbocycles. The molecule has 2 aliphatic rings. The number of carbonyl (C=O) groups excluding carboxylic acids is 1. The van der Waals surface area contributed by atoms with E-state index in [1.165, 1.54) is 18.9 Å². The van der Waals surface area contributed by atoms with Crippen LogP contribution in [-0.2, 0) is 11.2 Å². The first-order valence-corrected chi connectivity index (χ1v) is 10.4. The molecule has 0 spiro atoms. The van der Waals surface area contributed by atoms with Gasteiger partial charge < -0.3 is 30.2 Å². The number of hydrogen-bond donors (Lipinski definition) is 3. The van der Waals surface area contributed by atoms with Crippen LogP contribution in [0.3, 0.4) is 0 Å². The summed E-state index contributed by atoms with van der Waals surface area (Å²) in [6, 6.07) is 3.45. The average Bonchev–Trinajstić information content (AvgIpc) is 3.10. The van der Waals surface area contributed by atoms with Gasteiger partial charge in [-0.3, -0.25) is 4.79 Å². The van der Waals surface area contributed by atoms with Crippen molar-refractivity contribution in [3.63, 3.8) is 0 Å². The van der Waals surface area contributed by atoms with Crippen LogP contribution in [0, 0.1) is 0 Å². The fourth-order valence-electron chi connectivity index (χ4n) is 3.56. The number of methoxy groups -OCH3 is 1. The number of likely N-dealkylation sites (tertiary alicyclic amines) is 1. The molecule has 10 heteroatoms. The lowest BCUT2D eigenvalue weighted by molar-refractivity contribution is -0.130. The van der Waals surface area contributed by atoms with Crippen molar-refractivity contribution < 1.29 is 29.1 Å². The predicted molar refractivity (Wildman–Crippen MR) is 107 cm³/mol. The fraction of sp³-hybridized carbons (Fsp3) is 0.556. The van der Waals surface area contributed by atoms with Gasteiger partial charge >= 0.3 is 13.1 Å². The second kappa shape index (κ2) is 9.06. The maximum atomic E-state index is 12.2. The van der Waals surface area contributed by atoms with Crippen molar-refractivity contribution in [1.82, 2.24) is 4.90 Å². The lowest BCUT2D eigenvalue weighted by Crippen LogP contribution is -2.41. The molecule has 1 saturated heterocycles. The number of amides is 1. The van der Waals surface area contributed by atoms with E-state index in [1.54, 1.807) is 12.1 Å². The number of aromatic carboxylic acids is 1. The molecular formula is C18H25BN2O6S. The van der Waals surface area contributed by atoms with Crippen LogP contribution >= 0.6 is 11.8 Å². The van der Waals surface area contributed by atoms with Gasteiger partial charge in [-0.15, -0.1) is 0 Å². The van der Waals surface area contributed by atoms with E-state index in [0.29, 0.717) is 31.6 Å². The smallest absolute Gasteiger partial charge is 0.534 e. The summed E-state index contributed by atoms with van der Waals surface area (Å²) < 4.78 is 10.6. The summed E-state index contributed by atoms with van der Waals surface area (Å²) >= 11 is 1.53. The number of carboxylic acid groups (broad SMARTS) is 1. The molecule has 0 aliphatic carbocycles. The maximum absolute atomic E-state index is 12.2. The molecule has 8 nitrogen and oxygen atoms in total. The van der Waals surface area contributed by atoms with E-state index in [9.17, 15) is 19.7 Å². The Labute approximate surface area is 168 Å². The standard InChI is InChI=1S/C18H25BN2O6S/c1-26-13-5-4-11-9-14(19(25)27-17(11)16(13)18(23)24)28-8-2-3-15(22)21-7-6-12(20)10-21/h4-5,12,14,25H,2-3,6-10,20H2,1H3,(H,23,24)/t12?,14-/m0/s1. The van der Waals surface area contributed by atoms with Crippen LogP contribution in [0.15, 0.2) is 12.1 Å². The molecule has 0 radical (unpaired) electrons. The molecule has 152 valence electrons. The van der Waals surface area contributed by atoms with Crippen LogP contribution in [0.4, 0.5) is 0 Å². The molecule has 0 bridgehead atoms. The Kier molecular flexibility index (Phi) is 6.74. The molecule has 1 amide bonds. The molecule has 4 N–H and O–H groups in total. The van der Waals surface area contributed by atoms with E-state index in [1.807, 2.05) is 4.90 Å². The van der Waals surface area contributed by atoms with Gasteiger partial charge in [-0.25, -0.2) is 4.79 Å². The average molecular weight is 408 g/mol. The third-order valence-electron chi connectivity index (χ3n) is 5.06. The van der Waals surface area contributed by atoms with E-state index in [4.69, 9.17) is 15.1 Å². The van der Waals surface area contributed by atoms with Crippen molar-refractivity contribution in [1.29, 1.82) is 0 Å². The molecule has 0 aromatic heterocycles. The molecule has 1 aromatic carbocycles. The van der Waals surface area contributed by atoms with Crippen molar-refractivity contribution in [2.24, 2.45) is 5.73 Å². The summed E-state index contributed by atoms with van der Waals surface area (Å²) in [5.74, 6) is 0.0275. The summed E-state index contributed by atoms with van der Waals surface area (Å²) in [6.07, 6.45) is 2.50. The number of hydrogen-bond acceptors (Lipinski definition) is 7. The summed E-state index contributed by atoms with van der Waals surface area (Å²) in [4.78, 5) is 25.5. The third kappa shape index (κ3) is 4.56. The largest absolute Gasteiger partial charge is 0.536 e. The molecule has 2 heterocycles. The van der Waals surface area contributed by atoms with Gasteiger partial charge in [0, 0.05) is 25.6 Å². The number of nitrogens with zero attached hydrogens (tertiary/aromatic N) is 1. The Morgan fingerprint density at radius 3 is 2.89 bits per heavy atom. The Morgan fingerprint density at radius 1 is 1.46 bits per heavy atom. The lowest BCUT2D eigenvalue weighted by atomic mass is 9.77. The van der Waals surface area contributed by atoms with E-state index in [0.717, 1.165) is 18.5 Å². The highest BCUT2D eigenvalue weighted by Gasteiger charge is 2.38. The first-order chi connectivity index (χ1) is 13.4.